The van der Waals surface area contributed by atoms with Crippen molar-refractivity contribution < 1.29 is 22.3 Å². The SMILES string of the molecule is COc1ccc(S(=O)(=O)N2CCC(Oc3cnccn3)C2)cc1F. The van der Waals surface area contributed by atoms with Crippen molar-refractivity contribution >= 4 is 10.0 Å². The molecule has 7 nitrogen and oxygen atoms in total. The molecule has 1 aromatic carbocycles. The molecule has 0 bridgehead atoms. The first kappa shape index (κ1) is 16.6. The zero-order valence-corrected chi connectivity index (χ0v) is 13.7. The van der Waals surface area contributed by atoms with Crippen LogP contribution in [0.25, 0.3) is 0 Å². The first-order valence-corrected chi connectivity index (χ1v) is 8.71. The fourth-order valence-electron chi connectivity index (χ4n) is 2.49. The van der Waals surface area contributed by atoms with Crippen molar-refractivity contribution in [1.82, 2.24) is 14.3 Å². The molecule has 128 valence electrons. The van der Waals surface area contributed by atoms with Gasteiger partial charge in [0.1, 0.15) is 6.10 Å². The summed E-state index contributed by atoms with van der Waals surface area (Å²) in [6, 6.07) is 3.59. The maximum atomic E-state index is 13.8. The Morgan fingerprint density at radius 1 is 1.33 bits per heavy atom. The van der Waals surface area contributed by atoms with Gasteiger partial charge in [-0.25, -0.2) is 17.8 Å². The molecule has 1 atom stereocenters. The second kappa shape index (κ2) is 6.70. The predicted molar refractivity (Wildman–Crippen MR) is 82.8 cm³/mol. The Hall–Kier alpha value is -2.26. The molecule has 0 radical (unpaired) electrons. The average molecular weight is 353 g/mol. The zero-order chi connectivity index (χ0) is 17.2. The summed E-state index contributed by atoms with van der Waals surface area (Å²) in [5, 5.41) is 0. The van der Waals surface area contributed by atoms with E-state index in [2.05, 4.69) is 9.97 Å². The largest absolute Gasteiger partial charge is 0.494 e. The minimum atomic E-state index is -3.79. The van der Waals surface area contributed by atoms with Gasteiger partial charge in [0.05, 0.1) is 24.7 Å². The fraction of sp³-hybridized carbons (Fsp3) is 0.333. The summed E-state index contributed by atoms with van der Waals surface area (Å²) in [6.45, 7) is 0.466. The second-order valence-electron chi connectivity index (χ2n) is 5.23. The van der Waals surface area contributed by atoms with Gasteiger partial charge in [-0.1, -0.05) is 0 Å². The third-order valence-corrected chi connectivity index (χ3v) is 5.56. The number of halogens is 1. The van der Waals surface area contributed by atoms with E-state index < -0.39 is 15.8 Å². The molecule has 2 aromatic rings. The molecule has 0 aliphatic carbocycles. The standard InChI is InChI=1S/C15H16FN3O4S/c1-22-14-3-2-12(8-13(14)16)24(20,21)19-7-4-11(10-19)23-15-9-17-5-6-18-15/h2-3,5-6,8-9,11H,4,7,10H2,1H3. The van der Waals surface area contributed by atoms with Crippen LogP contribution in [0.4, 0.5) is 4.39 Å². The Morgan fingerprint density at radius 3 is 2.83 bits per heavy atom. The van der Waals surface area contributed by atoms with E-state index in [-0.39, 0.29) is 23.3 Å². The number of aromatic nitrogens is 2. The highest BCUT2D eigenvalue weighted by Crippen LogP contribution is 2.26. The molecule has 1 saturated heterocycles. The third-order valence-electron chi connectivity index (χ3n) is 3.70. The summed E-state index contributed by atoms with van der Waals surface area (Å²) >= 11 is 0. The summed E-state index contributed by atoms with van der Waals surface area (Å²) in [5.41, 5.74) is 0. The van der Waals surface area contributed by atoms with Crippen LogP contribution in [0.3, 0.4) is 0 Å². The Morgan fingerprint density at radius 2 is 2.17 bits per heavy atom. The lowest BCUT2D eigenvalue weighted by Crippen LogP contribution is -2.31. The minimum Gasteiger partial charge on any atom is -0.494 e. The third kappa shape index (κ3) is 3.31. The molecule has 1 aromatic heterocycles. The van der Waals surface area contributed by atoms with Crippen molar-refractivity contribution in [3.63, 3.8) is 0 Å². The van der Waals surface area contributed by atoms with E-state index in [0.717, 1.165) is 6.07 Å². The van der Waals surface area contributed by atoms with Gasteiger partial charge in [-0.05, 0) is 24.6 Å². The van der Waals surface area contributed by atoms with Crippen molar-refractivity contribution in [3.8, 4) is 11.6 Å². The molecule has 1 fully saturated rings. The second-order valence-corrected chi connectivity index (χ2v) is 7.17. The van der Waals surface area contributed by atoms with Crippen LogP contribution in [0.15, 0.2) is 41.7 Å². The van der Waals surface area contributed by atoms with E-state index in [1.807, 2.05) is 0 Å². The molecule has 3 rings (SSSR count). The van der Waals surface area contributed by atoms with Crippen LogP contribution in [0.5, 0.6) is 11.6 Å². The number of nitrogens with zero attached hydrogens (tertiary/aromatic N) is 3. The summed E-state index contributed by atoms with van der Waals surface area (Å²) in [5.74, 6) is -0.374. The molecule has 9 heteroatoms. The first-order valence-electron chi connectivity index (χ1n) is 7.27. The quantitative estimate of drug-likeness (QED) is 0.810. The van der Waals surface area contributed by atoms with E-state index in [9.17, 15) is 12.8 Å². The summed E-state index contributed by atoms with van der Waals surface area (Å²) in [6.07, 6.45) is 4.69. The molecular weight excluding hydrogens is 337 g/mol. The van der Waals surface area contributed by atoms with Gasteiger partial charge >= 0.3 is 0 Å². The number of rotatable bonds is 5. The van der Waals surface area contributed by atoms with Crippen LogP contribution in [0.2, 0.25) is 0 Å². The Kier molecular flexibility index (Phi) is 4.63. The highest BCUT2D eigenvalue weighted by molar-refractivity contribution is 7.89. The lowest BCUT2D eigenvalue weighted by Gasteiger charge is -2.17. The zero-order valence-electron chi connectivity index (χ0n) is 12.9. The van der Waals surface area contributed by atoms with Crippen LogP contribution in [-0.2, 0) is 10.0 Å². The number of methoxy groups -OCH3 is 1. The topological polar surface area (TPSA) is 81.6 Å². The lowest BCUT2D eigenvalue weighted by molar-refractivity contribution is 0.206. The normalized spacial score (nSPS) is 18.5. The molecule has 1 aliphatic heterocycles. The molecule has 0 N–H and O–H groups in total. The summed E-state index contributed by atoms with van der Waals surface area (Å²) < 4.78 is 50.7. The minimum absolute atomic E-state index is 0.000709. The van der Waals surface area contributed by atoms with Crippen LogP contribution >= 0.6 is 0 Å². The highest BCUT2D eigenvalue weighted by atomic mass is 32.2. The van der Waals surface area contributed by atoms with Gasteiger partial charge in [-0.2, -0.15) is 4.31 Å². The highest BCUT2D eigenvalue weighted by Gasteiger charge is 2.34. The number of sulfonamides is 1. The maximum absolute atomic E-state index is 13.8. The van der Waals surface area contributed by atoms with Gasteiger partial charge in [-0.15, -0.1) is 0 Å². The summed E-state index contributed by atoms with van der Waals surface area (Å²) in [4.78, 5) is 7.79. The molecule has 0 saturated carbocycles. The van der Waals surface area contributed by atoms with Crippen molar-refractivity contribution in [1.29, 1.82) is 0 Å². The van der Waals surface area contributed by atoms with Crippen molar-refractivity contribution in [2.24, 2.45) is 0 Å². The van der Waals surface area contributed by atoms with Crippen molar-refractivity contribution in [2.75, 3.05) is 20.2 Å². The molecule has 1 aliphatic rings. The van der Waals surface area contributed by atoms with Gasteiger partial charge < -0.3 is 9.47 Å². The van der Waals surface area contributed by atoms with Gasteiger partial charge in [0.25, 0.3) is 0 Å². The molecule has 1 unspecified atom stereocenters. The smallest absolute Gasteiger partial charge is 0.243 e. The molecule has 0 spiro atoms. The number of hydrogen-bond donors (Lipinski definition) is 0. The van der Waals surface area contributed by atoms with Crippen LogP contribution in [-0.4, -0.2) is 49.0 Å². The maximum Gasteiger partial charge on any atom is 0.243 e. The van der Waals surface area contributed by atoms with Gasteiger partial charge in [0.2, 0.25) is 15.9 Å². The van der Waals surface area contributed by atoms with E-state index in [4.69, 9.17) is 9.47 Å². The molecule has 24 heavy (non-hydrogen) atoms. The number of benzene rings is 1. The van der Waals surface area contributed by atoms with Gasteiger partial charge in [-0.3, -0.25) is 4.98 Å². The van der Waals surface area contributed by atoms with E-state index in [1.54, 1.807) is 0 Å². The Labute approximate surface area is 139 Å². The van der Waals surface area contributed by atoms with E-state index >= 15 is 0 Å². The van der Waals surface area contributed by atoms with Gasteiger partial charge in [0, 0.05) is 18.9 Å². The predicted octanol–water partition coefficient (Wildman–Crippen LogP) is 1.47. The van der Waals surface area contributed by atoms with E-state index in [1.165, 1.54) is 42.1 Å². The van der Waals surface area contributed by atoms with Crippen LogP contribution in [0.1, 0.15) is 6.42 Å². The number of ether oxygens (including phenoxy) is 2. The fourth-order valence-corrected chi connectivity index (χ4v) is 3.98. The van der Waals surface area contributed by atoms with Crippen LogP contribution < -0.4 is 9.47 Å². The Bertz CT molecular complexity index is 817. The van der Waals surface area contributed by atoms with Crippen LogP contribution in [0, 0.1) is 5.82 Å². The molecular formula is C15H16FN3O4S. The van der Waals surface area contributed by atoms with Crippen molar-refractivity contribution in [3.05, 3.63) is 42.6 Å². The summed E-state index contributed by atoms with van der Waals surface area (Å²) in [7, 11) is -2.47. The van der Waals surface area contributed by atoms with E-state index in [0.29, 0.717) is 18.8 Å². The average Bonchev–Trinajstić information content (AvgIpc) is 3.05. The first-order chi connectivity index (χ1) is 11.5. The lowest BCUT2D eigenvalue weighted by atomic mass is 10.3. The molecule has 2 heterocycles. The van der Waals surface area contributed by atoms with Gasteiger partial charge in [0.15, 0.2) is 11.6 Å². The monoisotopic (exact) mass is 353 g/mol. The molecule has 0 amide bonds. The Balaban J connectivity index is 1.73. The van der Waals surface area contributed by atoms with Crippen molar-refractivity contribution in [2.45, 2.75) is 17.4 Å². The number of hydrogen-bond acceptors (Lipinski definition) is 6.